The van der Waals surface area contributed by atoms with Crippen LogP contribution in [0.4, 0.5) is 0 Å². The maximum absolute atomic E-state index is 11.9. The molecule has 0 aliphatic carbocycles. The van der Waals surface area contributed by atoms with Crippen molar-refractivity contribution in [3.63, 3.8) is 0 Å². The van der Waals surface area contributed by atoms with E-state index < -0.39 is 0 Å². The topological polar surface area (TPSA) is 55.0 Å². The van der Waals surface area contributed by atoms with Gasteiger partial charge in [0, 0.05) is 23.7 Å². The molecule has 1 fully saturated rings. The predicted octanol–water partition coefficient (Wildman–Crippen LogP) is 1.36. The highest BCUT2D eigenvalue weighted by Crippen LogP contribution is 2.34. The van der Waals surface area contributed by atoms with Gasteiger partial charge in [-0.2, -0.15) is 11.8 Å². The molecule has 0 amide bonds. The molecule has 6 heteroatoms. The Balaban J connectivity index is 1.95. The van der Waals surface area contributed by atoms with Crippen molar-refractivity contribution in [3.8, 4) is 0 Å². The van der Waals surface area contributed by atoms with E-state index in [1.165, 1.54) is 5.75 Å². The van der Waals surface area contributed by atoms with Crippen LogP contribution in [-0.4, -0.2) is 33.8 Å². The van der Waals surface area contributed by atoms with Crippen molar-refractivity contribution in [1.29, 1.82) is 0 Å². The number of nitrogens with zero attached hydrogens (tertiary/aromatic N) is 1. The lowest BCUT2D eigenvalue weighted by Gasteiger charge is -2.22. The van der Waals surface area contributed by atoms with E-state index in [-0.39, 0.29) is 5.56 Å². The fourth-order valence-corrected chi connectivity index (χ4v) is 4.68. The number of H-pyrrole nitrogens is 1. The molecule has 2 aliphatic rings. The summed E-state index contributed by atoms with van der Waals surface area (Å²) >= 11 is 3.82. The zero-order valence-electron chi connectivity index (χ0n) is 9.40. The first-order valence-corrected chi connectivity index (χ1v) is 7.94. The van der Waals surface area contributed by atoms with E-state index in [4.69, 9.17) is 4.74 Å². The average molecular weight is 270 g/mol. The smallest absolute Gasteiger partial charge is 0.256 e. The van der Waals surface area contributed by atoms with Gasteiger partial charge in [-0.25, -0.2) is 4.98 Å². The molecule has 92 valence electrons. The van der Waals surface area contributed by atoms with Crippen molar-refractivity contribution in [3.05, 3.63) is 27.4 Å². The van der Waals surface area contributed by atoms with Gasteiger partial charge in [-0.3, -0.25) is 4.79 Å². The first-order chi connectivity index (χ1) is 8.34. The van der Waals surface area contributed by atoms with E-state index in [1.54, 1.807) is 0 Å². The molecule has 3 rings (SSSR count). The van der Waals surface area contributed by atoms with Gasteiger partial charge in [0.2, 0.25) is 0 Å². The summed E-state index contributed by atoms with van der Waals surface area (Å²) in [6.07, 6.45) is 0.761. The highest BCUT2D eigenvalue weighted by molar-refractivity contribution is 8.06. The minimum atomic E-state index is -0.0131. The van der Waals surface area contributed by atoms with Gasteiger partial charge in [0.05, 0.1) is 29.7 Å². The Hall–Kier alpha value is -0.460. The summed E-state index contributed by atoms with van der Waals surface area (Å²) in [5, 5.41) is 0.342. The van der Waals surface area contributed by atoms with Crippen LogP contribution in [0, 0.1) is 0 Å². The highest BCUT2D eigenvalue weighted by Gasteiger charge is 2.22. The van der Waals surface area contributed by atoms with Gasteiger partial charge in [0.1, 0.15) is 5.82 Å². The first-order valence-electron chi connectivity index (χ1n) is 5.73. The molecule has 1 unspecified atom stereocenters. The second-order valence-electron chi connectivity index (χ2n) is 4.11. The molecular formula is C11H14N2O2S2. The number of fused-ring (bicyclic) bond motifs is 1. The van der Waals surface area contributed by atoms with Gasteiger partial charge in [-0.1, -0.05) is 0 Å². The number of hydrogen-bond donors (Lipinski definition) is 1. The Morgan fingerprint density at radius 1 is 1.41 bits per heavy atom. The summed E-state index contributed by atoms with van der Waals surface area (Å²) in [5.74, 6) is 4.24. The molecule has 1 aromatic rings. The maximum atomic E-state index is 11.9. The first kappa shape index (κ1) is 11.6. The van der Waals surface area contributed by atoms with E-state index in [0.29, 0.717) is 24.0 Å². The summed E-state index contributed by atoms with van der Waals surface area (Å²) in [6, 6.07) is 0. The molecule has 0 bridgehead atoms. The van der Waals surface area contributed by atoms with Crippen LogP contribution in [0.15, 0.2) is 4.79 Å². The fraction of sp³-hybridized carbons (Fsp3) is 0.636. The van der Waals surface area contributed by atoms with Crippen LogP contribution in [0.5, 0.6) is 0 Å². The van der Waals surface area contributed by atoms with E-state index in [1.807, 2.05) is 23.5 Å². The monoisotopic (exact) mass is 270 g/mol. The minimum Gasteiger partial charge on any atom is -0.376 e. The van der Waals surface area contributed by atoms with Crippen LogP contribution in [-0.2, 0) is 17.8 Å². The van der Waals surface area contributed by atoms with Crippen molar-refractivity contribution in [2.24, 2.45) is 0 Å². The van der Waals surface area contributed by atoms with E-state index >= 15 is 0 Å². The summed E-state index contributed by atoms with van der Waals surface area (Å²) in [5.41, 5.74) is 1.64. The minimum absolute atomic E-state index is 0.0131. The molecule has 4 nitrogen and oxygen atoms in total. The fourth-order valence-electron chi connectivity index (χ4n) is 2.06. The average Bonchev–Trinajstić information content (AvgIpc) is 2.40. The molecule has 1 aromatic heterocycles. The summed E-state index contributed by atoms with van der Waals surface area (Å²) in [6.45, 7) is 1.08. The third kappa shape index (κ3) is 2.39. The van der Waals surface area contributed by atoms with Gasteiger partial charge in [-0.15, -0.1) is 11.8 Å². The van der Waals surface area contributed by atoms with E-state index in [9.17, 15) is 4.79 Å². The Bertz CT molecular complexity index is 469. The molecule has 0 saturated carbocycles. The van der Waals surface area contributed by atoms with Crippen LogP contribution in [0.1, 0.15) is 22.3 Å². The number of thioether (sulfide) groups is 2. The van der Waals surface area contributed by atoms with Crippen LogP contribution < -0.4 is 5.56 Å². The van der Waals surface area contributed by atoms with Crippen LogP contribution in [0.2, 0.25) is 0 Å². The maximum Gasteiger partial charge on any atom is 0.256 e. The Morgan fingerprint density at radius 3 is 3.18 bits per heavy atom. The molecular weight excluding hydrogens is 256 g/mol. The second kappa shape index (κ2) is 5.04. The van der Waals surface area contributed by atoms with E-state index in [0.717, 1.165) is 29.4 Å². The third-order valence-electron chi connectivity index (χ3n) is 2.97. The van der Waals surface area contributed by atoms with Crippen molar-refractivity contribution in [1.82, 2.24) is 9.97 Å². The van der Waals surface area contributed by atoms with Crippen molar-refractivity contribution in [2.45, 2.75) is 18.3 Å². The molecule has 1 saturated heterocycles. The number of nitrogens with one attached hydrogen (secondary N) is 1. The van der Waals surface area contributed by atoms with Gasteiger partial charge in [-0.05, 0) is 0 Å². The summed E-state index contributed by atoms with van der Waals surface area (Å²) < 4.78 is 5.29. The number of aromatic nitrogens is 2. The standard InChI is InChI=1S/C11H14N2O2S2/c14-11-7-5-15-2-1-8(7)12-10(13-11)9-6-16-3-4-17-9/h9H,1-6H2,(H,12,13,14). The Labute approximate surface area is 108 Å². The Kier molecular flexibility index (Phi) is 3.44. The lowest BCUT2D eigenvalue weighted by atomic mass is 10.1. The van der Waals surface area contributed by atoms with Crippen molar-refractivity contribution >= 4 is 23.5 Å². The number of ether oxygens (including phenoxy) is 1. The van der Waals surface area contributed by atoms with Crippen LogP contribution in [0.3, 0.4) is 0 Å². The number of aromatic amines is 1. The molecule has 1 N–H and O–H groups in total. The summed E-state index contributed by atoms with van der Waals surface area (Å²) in [7, 11) is 0. The lowest BCUT2D eigenvalue weighted by Crippen LogP contribution is -2.26. The molecule has 2 aliphatic heterocycles. The van der Waals surface area contributed by atoms with Crippen molar-refractivity contribution < 1.29 is 4.74 Å². The highest BCUT2D eigenvalue weighted by atomic mass is 32.2. The normalized spacial score (nSPS) is 24.4. The zero-order chi connectivity index (χ0) is 11.7. The number of rotatable bonds is 1. The zero-order valence-corrected chi connectivity index (χ0v) is 11.0. The Morgan fingerprint density at radius 2 is 2.35 bits per heavy atom. The third-order valence-corrected chi connectivity index (χ3v) is 5.73. The molecule has 17 heavy (non-hydrogen) atoms. The van der Waals surface area contributed by atoms with Crippen LogP contribution >= 0.6 is 23.5 Å². The second-order valence-corrected chi connectivity index (χ2v) is 6.57. The number of hydrogen-bond acceptors (Lipinski definition) is 5. The van der Waals surface area contributed by atoms with Crippen molar-refractivity contribution in [2.75, 3.05) is 23.9 Å². The van der Waals surface area contributed by atoms with Crippen LogP contribution in [0.25, 0.3) is 0 Å². The quantitative estimate of drug-likeness (QED) is 0.835. The SMILES string of the molecule is O=c1[nH]c(C2CSCCS2)nc2c1COCC2. The molecule has 0 radical (unpaired) electrons. The van der Waals surface area contributed by atoms with Gasteiger partial charge in [0.25, 0.3) is 5.56 Å². The lowest BCUT2D eigenvalue weighted by molar-refractivity contribution is 0.108. The van der Waals surface area contributed by atoms with E-state index in [2.05, 4.69) is 9.97 Å². The molecule has 0 aromatic carbocycles. The molecule has 3 heterocycles. The van der Waals surface area contributed by atoms with Gasteiger partial charge < -0.3 is 9.72 Å². The van der Waals surface area contributed by atoms with Gasteiger partial charge in [0.15, 0.2) is 0 Å². The largest absolute Gasteiger partial charge is 0.376 e. The molecule has 1 atom stereocenters. The predicted molar refractivity (Wildman–Crippen MR) is 70.7 cm³/mol. The molecule has 0 spiro atoms. The summed E-state index contributed by atoms with van der Waals surface area (Å²) in [4.78, 5) is 19.5. The van der Waals surface area contributed by atoms with Gasteiger partial charge >= 0.3 is 0 Å².